The standard InChI is InChI=1S/C17H26N2O2/c1-21-13-15-9-11-19(12-10-15)17(20)16(18)8-7-14-5-3-2-4-6-14/h2-6,15-16H,7-13,18H2,1H3. The molecule has 0 bridgehead atoms. The van der Waals surface area contributed by atoms with Gasteiger partial charge < -0.3 is 15.4 Å². The van der Waals surface area contributed by atoms with Crippen LogP contribution in [0.5, 0.6) is 0 Å². The minimum absolute atomic E-state index is 0.0989. The van der Waals surface area contributed by atoms with Gasteiger partial charge in [0.1, 0.15) is 0 Å². The summed E-state index contributed by atoms with van der Waals surface area (Å²) in [5.74, 6) is 0.682. The lowest BCUT2D eigenvalue weighted by Gasteiger charge is -2.33. The van der Waals surface area contributed by atoms with E-state index in [4.69, 9.17) is 10.5 Å². The molecule has 1 aromatic rings. The van der Waals surface area contributed by atoms with Crippen molar-refractivity contribution in [2.75, 3.05) is 26.8 Å². The number of carbonyl (C=O) groups is 1. The third-order valence-electron chi connectivity index (χ3n) is 4.23. The second-order valence-electron chi connectivity index (χ2n) is 5.85. The van der Waals surface area contributed by atoms with Crippen molar-refractivity contribution in [2.24, 2.45) is 11.7 Å². The summed E-state index contributed by atoms with van der Waals surface area (Å²) in [5, 5.41) is 0. The number of carbonyl (C=O) groups excluding carboxylic acids is 1. The van der Waals surface area contributed by atoms with E-state index in [9.17, 15) is 4.79 Å². The lowest BCUT2D eigenvalue weighted by atomic mass is 9.96. The predicted octanol–water partition coefficient (Wildman–Crippen LogP) is 1.83. The van der Waals surface area contributed by atoms with Crippen molar-refractivity contribution in [2.45, 2.75) is 31.7 Å². The van der Waals surface area contributed by atoms with E-state index < -0.39 is 0 Å². The molecule has 1 aliphatic rings. The van der Waals surface area contributed by atoms with Crippen LogP contribution >= 0.6 is 0 Å². The van der Waals surface area contributed by atoms with E-state index in [1.54, 1.807) is 7.11 Å². The maximum absolute atomic E-state index is 12.4. The summed E-state index contributed by atoms with van der Waals surface area (Å²) < 4.78 is 5.18. The summed E-state index contributed by atoms with van der Waals surface area (Å²) in [7, 11) is 1.73. The molecular weight excluding hydrogens is 264 g/mol. The molecule has 1 heterocycles. The van der Waals surface area contributed by atoms with Crippen LogP contribution in [0.4, 0.5) is 0 Å². The molecule has 1 unspecified atom stereocenters. The number of ether oxygens (including phenoxy) is 1. The number of hydrogen-bond donors (Lipinski definition) is 1. The van der Waals surface area contributed by atoms with Gasteiger partial charge in [0.25, 0.3) is 0 Å². The second-order valence-corrected chi connectivity index (χ2v) is 5.85. The third kappa shape index (κ3) is 4.83. The summed E-state index contributed by atoms with van der Waals surface area (Å²) in [5.41, 5.74) is 7.31. The van der Waals surface area contributed by atoms with Crippen molar-refractivity contribution < 1.29 is 9.53 Å². The quantitative estimate of drug-likeness (QED) is 0.869. The molecule has 116 valence electrons. The van der Waals surface area contributed by atoms with Crippen molar-refractivity contribution in [3.63, 3.8) is 0 Å². The number of likely N-dealkylation sites (tertiary alicyclic amines) is 1. The van der Waals surface area contributed by atoms with Gasteiger partial charge in [-0.05, 0) is 37.2 Å². The average Bonchev–Trinajstić information content (AvgIpc) is 2.54. The van der Waals surface area contributed by atoms with Gasteiger partial charge >= 0.3 is 0 Å². The lowest BCUT2D eigenvalue weighted by Crippen LogP contribution is -2.47. The SMILES string of the molecule is COCC1CCN(C(=O)C(N)CCc2ccccc2)CC1. The molecular formula is C17H26N2O2. The van der Waals surface area contributed by atoms with Gasteiger partial charge in [-0.1, -0.05) is 30.3 Å². The maximum Gasteiger partial charge on any atom is 0.239 e. The first-order valence-electron chi connectivity index (χ1n) is 7.78. The number of aryl methyl sites for hydroxylation is 1. The number of methoxy groups -OCH3 is 1. The van der Waals surface area contributed by atoms with E-state index in [0.717, 1.165) is 39.0 Å². The molecule has 2 rings (SSSR count). The molecule has 2 N–H and O–H groups in total. The zero-order valence-electron chi connectivity index (χ0n) is 12.8. The molecule has 0 aromatic heterocycles. The highest BCUT2D eigenvalue weighted by atomic mass is 16.5. The summed E-state index contributed by atoms with van der Waals surface area (Å²) in [4.78, 5) is 14.3. The number of piperidine rings is 1. The normalized spacial score (nSPS) is 17.7. The first-order chi connectivity index (χ1) is 10.2. The lowest BCUT2D eigenvalue weighted by molar-refractivity contribution is -0.134. The van der Waals surface area contributed by atoms with E-state index in [-0.39, 0.29) is 11.9 Å². The van der Waals surface area contributed by atoms with Crippen LogP contribution < -0.4 is 5.73 Å². The molecule has 1 atom stereocenters. The van der Waals surface area contributed by atoms with E-state index >= 15 is 0 Å². The minimum atomic E-state index is -0.385. The van der Waals surface area contributed by atoms with Crippen LogP contribution in [0.2, 0.25) is 0 Å². The van der Waals surface area contributed by atoms with Crippen molar-refractivity contribution in [1.29, 1.82) is 0 Å². The topological polar surface area (TPSA) is 55.6 Å². The molecule has 1 amide bonds. The molecule has 0 spiro atoms. The van der Waals surface area contributed by atoms with Gasteiger partial charge in [-0.2, -0.15) is 0 Å². The predicted molar refractivity (Wildman–Crippen MR) is 83.9 cm³/mol. The van der Waals surface area contributed by atoms with Gasteiger partial charge in [0.2, 0.25) is 5.91 Å². The first kappa shape index (κ1) is 16.0. The highest BCUT2D eigenvalue weighted by molar-refractivity contribution is 5.81. The first-order valence-corrected chi connectivity index (χ1v) is 7.78. The fourth-order valence-electron chi connectivity index (χ4n) is 2.88. The van der Waals surface area contributed by atoms with E-state index in [2.05, 4.69) is 12.1 Å². The van der Waals surface area contributed by atoms with Crippen LogP contribution in [0, 0.1) is 5.92 Å². The Kier molecular flexibility index (Phi) is 6.21. The van der Waals surface area contributed by atoms with Crippen LogP contribution in [0.1, 0.15) is 24.8 Å². The molecule has 0 saturated carbocycles. The van der Waals surface area contributed by atoms with Gasteiger partial charge in [-0.15, -0.1) is 0 Å². The van der Waals surface area contributed by atoms with E-state index in [1.165, 1.54) is 5.56 Å². The van der Waals surface area contributed by atoms with Crippen LogP contribution in [0.25, 0.3) is 0 Å². The molecule has 1 fully saturated rings. The zero-order valence-corrected chi connectivity index (χ0v) is 12.8. The highest BCUT2D eigenvalue weighted by Crippen LogP contribution is 2.18. The molecule has 4 nitrogen and oxygen atoms in total. The fraction of sp³-hybridized carbons (Fsp3) is 0.588. The molecule has 1 aromatic carbocycles. The summed E-state index contributed by atoms with van der Waals surface area (Å²) in [6, 6.07) is 9.80. The van der Waals surface area contributed by atoms with Crippen molar-refractivity contribution in [1.82, 2.24) is 4.90 Å². The Hall–Kier alpha value is -1.39. The van der Waals surface area contributed by atoms with Crippen LogP contribution in [0.15, 0.2) is 30.3 Å². The number of rotatable bonds is 6. The monoisotopic (exact) mass is 290 g/mol. The second kappa shape index (κ2) is 8.15. The Morgan fingerprint density at radius 3 is 2.62 bits per heavy atom. The maximum atomic E-state index is 12.4. The number of benzene rings is 1. The molecule has 0 radical (unpaired) electrons. The van der Waals surface area contributed by atoms with Crippen molar-refractivity contribution in [3.05, 3.63) is 35.9 Å². The van der Waals surface area contributed by atoms with Crippen LogP contribution in [0.3, 0.4) is 0 Å². The van der Waals surface area contributed by atoms with Crippen molar-refractivity contribution in [3.8, 4) is 0 Å². The number of nitrogens with two attached hydrogens (primary N) is 1. The highest BCUT2D eigenvalue weighted by Gasteiger charge is 2.25. The van der Waals surface area contributed by atoms with E-state index in [0.29, 0.717) is 12.3 Å². The smallest absolute Gasteiger partial charge is 0.239 e. The Morgan fingerprint density at radius 2 is 2.00 bits per heavy atom. The van der Waals surface area contributed by atoms with E-state index in [1.807, 2.05) is 23.1 Å². The Bertz CT molecular complexity index is 428. The largest absolute Gasteiger partial charge is 0.384 e. The fourth-order valence-corrected chi connectivity index (χ4v) is 2.88. The number of nitrogens with zero attached hydrogens (tertiary/aromatic N) is 1. The average molecular weight is 290 g/mol. The molecule has 0 aliphatic carbocycles. The zero-order chi connectivity index (χ0) is 15.1. The Balaban J connectivity index is 1.75. The molecule has 1 aliphatic heterocycles. The Labute approximate surface area is 127 Å². The number of hydrogen-bond acceptors (Lipinski definition) is 3. The summed E-state index contributed by atoms with van der Waals surface area (Å²) in [6.07, 6.45) is 3.60. The third-order valence-corrected chi connectivity index (χ3v) is 4.23. The summed E-state index contributed by atoms with van der Waals surface area (Å²) in [6.45, 7) is 2.42. The molecule has 4 heteroatoms. The Morgan fingerprint density at radius 1 is 1.33 bits per heavy atom. The molecule has 1 saturated heterocycles. The van der Waals surface area contributed by atoms with Gasteiger partial charge in [0, 0.05) is 26.8 Å². The summed E-state index contributed by atoms with van der Waals surface area (Å²) >= 11 is 0. The van der Waals surface area contributed by atoms with Gasteiger partial charge in [0.05, 0.1) is 6.04 Å². The molecule has 21 heavy (non-hydrogen) atoms. The minimum Gasteiger partial charge on any atom is -0.384 e. The number of amides is 1. The van der Waals surface area contributed by atoms with Crippen LogP contribution in [-0.4, -0.2) is 43.7 Å². The van der Waals surface area contributed by atoms with Gasteiger partial charge in [-0.3, -0.25) is 4.79 Å². The van der Waals surface area contributed by atoms with Gasteiger partial charge in [-0.25, -0.2) is 0 Å². The van der Waals surface area contributed by atoms with Crippen LogP contribution in [-0.2, 0) is 16.0 Å². The van der Waals surface area contributed by atoms with Crippen molar-refractivity contribution >= 4 is 5.91 Å². The van der Waals surface area contributed by atoms with Gasteiger partial charge in [0.15, 0.2) is 0 Å².